The first-order valence-electron chi connectivity index (χ1n) is 5.79. The van der Waals surface area contributed by atoms with Crippen LogP contribution < -0.4 is 0 Å². The van der Waals surface area contributed by atoms with Crippen LogP contribution in [0.5, 0.6) is 0 Å². The highest BCUT2D eigenvalue weighted by molar-refractivity contribution is 5.46. The molecule has 0 heterocycles. The van der Waals surface area contributed by atoms with E-state index < -0.39 is 0 Å². The first-order valence-corrected chi connectivity index (χ1v) is 5.79. The number of nitrogens with zero attached hydrogens (tertiary/aromatic N) is 2. The van der Waals surface area contributed by atoms with Gasteiger partial charge in [-0.3, -0.25) is 0 Å². The fraction of sp³-hybridized carbons (Fsp3) is 0.0667. The maximum absolute atomic E-state index is 9.42. The molecule has 1 N–H and O–H groups in total. The Bertz CT molecular complexity index is 611. The molecule has 0 aliphatic heterocycles. The summed E-state index contributed by atoms with van der Waals surface area (Å²) in [5, 5.41) is 13.3. The fourth-order valence-corrected chi connectivity index (χ4v) is 1.38. The molecule has 0 amide bonds. The molecule has 0 saturated heterocycles. The fourth-order valence-electron chi connectivity index (χ4n) is 1.38. The molecule has 0 atom stereocenters. The van der Waals surface area contributed by atoms with E-state index in [2.05, 4.69) is 15.8 Å². The van der Waals surface area contributed by atoms with Gasteiger partial charge in [0.15, 0.2) is 0 Å². The first kappa shape index (κ1) is 12.7. The second-order valence-electron chi connectivity index (χ2n) is 3.73. The molecule has 0 fully saturated rings. The second-order valence-corrected chi connectivity index (χ2v) is 3.73. The lowest BCUT2D eigenvalue weighted by Crippen LogP contribution is -1.93. The third kappa shape index (κ3) is 4.52. The summed E-state index contributed by atoms with van der Waals surface area (Å²) in [6, 6.07) is 18.7. The van der Waals surface area contributed by atoms with Crippen molar-refractivity contribution in [3.05, 3.63) is 72.2 Å². The molecule has 0 spiro atoms. The smallest absolute Gasteiger partial charge is 0.441 e. The van der Waals surface area contributed by atoms with Crippen LogP contribution in [0.15, 0.2) is 71.7 Å². The molecule has 2 rings (SSSR count). The van der Waals surface area contributed by atoms with Crippen molar-refractivity contribution in [3.63, 3.8) is 0 Å². The minimum atomic E-state index is -0.386. The minimum Gasteiger partial charge on any atom is -0.470 e. The highest BCUT2D eigenvalue weighted by Gasteiger charge is 1.99. The summed E-state index contributed by atoms with van der Waals surface area (Å²) >= 11 is 0. The summed E-state index contributed by atoms with van der Waals surface area (Å²) in [6.07, 6.45) is 0. The van der Waals surface area contributed by atoms with Crippen molar-refractivity contribution >= 4 is 11.6 Å². The third-order valence-electron chi connectivity index (χ3n) is 2.29. The van der Waals surface area contributed by atoms with Gasteiger partial charge in [-0.2, -0.15) is 0 Å². The Hall–Kier alpha value is -2.80. The maximum Gasteiger partial charge on any atom is 0.441 e. The van der Waals surface area contributed by atoms with E-state index in [1.165, 1.54) is 0 Å². The van der Waals surface area contributed by atoms with Crippen molar-refractivity contribution in [1.29, 1.82) is 0 Å². The predicted molar refractivity (Wildman–Crippen MR) is 71.2 cm³/mol. The van der Waals surface area contributed by atoms with E-state index >= 15 is 0 Å². The summed E-state index contributed by atoms with van der Waals surface area (Å²) in [5.41, 5.74) is 1.64. The van der Waals surface area contributed by atoms with E-state index in [4.69, 9.17) is 4.74 Å². The molecule has 0 aromatic heterocycles. The number of ether oxygens (including phenoxy) is 1. The molecule has 0 bridgehead atoms. The Balaban J connectivity index is 1.97. The molecule has 0 aliphatic rings. The Kier molecular flexibility index (Phi) is 4.54. The Morgan fingerprint density at radius 2 is 1.68 bits per heavy atom. The zero-order valence-electron chi connectivity index (χ0n) is 10.2. The normalized spacial score (nSPS) is 9.05. The van der Waals surface area contributed by atoms with Crippen LogP contribution in [-0.4, -0.2) is 15.8 Å². The third-order valence-corrected chi connectivity index (χ3v) is 2.29. The van der Waals surface area contributed by atoms with Gasteiger partial charge in [-0.25, -0.2) is 0 Å². The maximum atomic E-state index is 9.42. The quantitative estimate of drug-likeness (QED) is 0.393. The molecule has 19 heavy (non-hydrogen) atoms. The molecule has 94 valence electrons. The Morgan fingerprint density at radius 3 is 2.37 bits per heavy atom. The summed E-state index contributed by atoms with van der Waals surface area (Å²) in [6.45, 7) is 0.264. The standard InChI is InChI=1S/C15H12N2O2/c18-15(19-12-13-7-3-1-4-8-13)11-16-17-14-9-5-2-6-10-14/h1-10H,12H2/p+1. The number of aliphatic hydroxyl groups excluding tert-OH is 1. The molecule has 4 nitrogen and oxygen atoms in total. The van der Waals surface area contributed by atoms with Gasteiger partial charge >= 0.3 is 11.8 Å². The minimum absolute atomic E-state index is 0.264. The first-order chi connectivity index (χ1) is 9.34. The van der Waals surface area contributed by atoms with Gasteiger partial charge in [-0.1, -0.05) is 48.5 Å². The van der Waals surface area contributed by atoms with Gasteiger partial charge in [0.25, 0.3) is 0 Å². The lowest BCUT2D eigenvalue weighted by atomic mass is 10.2. The predicted octanol–water partition coefficient (Wildman–Crippen LogP) is 3.26. The van der Waals surface area contributed by atoms with Gasteiger partial charge < -0.3 is 9.84 Å². The number of hydrogen-bond donors (Lipinski definition) is 1. The zero-order chi connectivity index (χ0) is 13.3. The largest absolute Gasteiger partial charge is 0.470 e. The lowest BCUT2D eigenvalue weighted by Gasteiger charge is -1.99. The van der Waals surface area contributed by atoms with Crippen molar-refractivity contribution in [2.75, 3.05) is 0 Å². The van der Waals surface area contributed by atoms with Gasteiger partial charge in [-0.15, -0.1) is 0 Å². The van der Waals surface area contributed by atoms with Crippen LogP contribution in [0.3, 0.4) is 0 Å². The second kappa shape index (κ2) is 6.82. The zero-order valence-corrected chi connectivity index (χ0v) is 10.2. The molecular weight excluding hydrogens is 240 g/mol. The summed E-state index contributed by atoms with van der Waals surface area (Å²) in [7, 11) is 0. The molecule has 4 heteroatoms. The summed E-state index contributed by atoms with van der Waals surface area (Å²) in [5.74, 6) is 1.92. The summed E-state index contributed by atoms with van der Waals surface area (Å²) in [4.78, 5) is 3.62. The van der Waals surface area contributed by atoms with Crippen molar-refractivity contribution in [2.45, 2.75) is 6.61 Å². The van der Waals surface area contributed by atoms with Gasteiger partial charge in [0.1, 0.15) is 22.2 Å². The number of hydrogen-bond acceptors (Lipinski definition) is 3. The van der Waals surface area contributed by atoms with Crippen LogP contribution in [0, 0.1) is 0 Å². The van der Waals surface area contributed by atoms with Crippen LogP contribution >= 0.6 is 0 Å². The van der Waals surface area contributed by atoms with E-state index in [9.17, 15) is 5.11 Å². The molecule has 0 saturated carbocycles. The van der Waals surface area contributed by atoms with Crippen molar-refractivity contribution in [3.8, 4) is 0 Å². The van der Waals surface area contributed by atoms with E-state index in [0.717, 1.165) is 5.56 Å². The van der Waals surface area contributed by atoms with E-state index in [0.29, 0.717) is 5.69 Å². The van der Waals surface area contributed by atoms with Crippen molar-refractivity contribution < 1.29 is 14.6 Å². The number of rotatable bonds is 4. The van der Waals surface area contributed by atoms with Crippen LogP contribution in [-0.2, 0) is 11.3 Å². The van der Waals surface area contributed by atoms with Gasteiger partial charge in [0.2, 0.25) is 0 Å². The molecule has 0 aliphatic carbocycles. The number of aliphatic hydroxyl groups is 1. The monoisotopic (exact) mass is 253 g/mol. The van der Waals surface area contributed by atoms with Crippen molar-refractivity contribution in [2.24, 2.45) is 5.11 Å². The van der Waals surface area contributed by atoms with E-state index in [1.54, 1.807) is 12.1 Å². The van der Waals surface area contributed by atoms with Gasteiger partial charge in [0.05, 0.1) is 0 Å². The van der Waals surface area contributed by atoms with Gasteiger partial charge in [-0.05, 0) is 17.7 Å². The molecule has 2 aromatic carbocycles. The Morgan fingerprint density at radius 1 is 1.05 bits per heavy atom. The highest BCUT2D eigenvalue weighted by atomic mass is 16.6. The molecule has 0 unspecified atom stereocenters. The average Bonchev–Trinajstić information content (AvgIpc) is 2.47. The Labute approximate surface area is 111 Å². The van der Waals surface area contributed by atoms with Crippen molar-refractivity contribution in [1.82, 2.24) is 0 Å². The molecule has 2 aromatic rings. The SMILES string of the molecule is OC(=C=[N+]=Nc1ccccc1)OCc1ccccc1. The molecule has 0 radical (unpaired) electrons. The van der Waals surface area contributed by atoms with Gasteiger partial charge in [0, 0.05) is 0 Å². The lowest BCUT2D eigenvalue weighted by molar-refractivity contribution is -0.0720. The van der Waals surface area contributed by atoms with Crippen LogP contribution in [0.2, 0.25) is 0 Å². The van der Waals surface area contributed by atoms with E-state index in [1.807, 2.05) is 48.5 Å². The van der Waals surface area contributed by atoms with Crippen LogP contribution in [0.25, 0.3) is 0 Å². The highest BCUT2D eigenvalue weighted by Crippen LogP contribution is 2.07. The van der Waals surface area contributed by atoms with Crippen LogP contribution in [0.4, 0.5) is 5.69 Å². The average molecular weight is 253 g/mol. The topological polar surface area (TPSA) is 55.9 Å². The van der Waals surface area contributed by atoms with E-state index in [-0.39, 0.29) is 12.6 Å². The molecular formula is C15H13N2O2+. The number of benzene rings is 2. The summed E-state index contributed by atoms with van der Waals surface area (Å²) < 4.78 is 5.07. The van der Waals surface area contributed by atoms with Crippen LogP contribution in [0.1, 0.15) is 5.56 Å².